The van der Waals surface area contributed by atoms with Crippen molar-refractivity contribution in [1.29, 1.82) is 0 Å². The zero-order chi connectivity index (χ0) is 24.1. The van der Waals surface area contributed by atoms with Crippen molar-refractivity contribution in [1.82, 2.24) is 15.1 Å². The van der Waals surface area contributed by atoms with E-state index in [9.17, 15) is 29.4 Å². The molecule has 10 heteroatoms. The highest BCUT2D eigenvalue weighted by Crippen LogP contribution is 2.26. The molecule has 0 spiro atoms. The predicted octanol–water partition coefficient (Wildman–Crippen LogP) is -0.511. The molecule has 5 atom stereocenters. The van der Waals surface area contributed by atoms with Crippen LogP contribution in [0.2, 0.25) is 0 Å². The standard InChI is InChI=1S/C23H32N4O6/c1-14(28)19(24)20(29)25-16(13-15-7-3-2-4-8-15)21(30)26-11-5-9-17(26)22(31)27-12-6-10-18(27)23(32)33/h2-4,7-8,14,16-19,28H,5-6,9-13,24H2,1H3,(H,25,29)(H,32,33). The highest BCUT2D eigenvalue weighted by Gasteiger charge is 2.43. The molecule has 0 saturated carbocycles. The second-order valence-electron chi connectivity index (χ2n) is 8.73. The lowest BCUT2D eigenvalue weighted by molar-refractivity contribution is -0.152. The Morgan fingerprint density at radius 1 is 1.06 bits per heavy atom. The number of carboxylic acid groups (broad SMARTS) is 1. The van der Waals surface area contributed by atoms with Crippen molar-refractivity contribution in [2.45, 2.75) is 69.3 Å². The fraction of sp³-hybridized carbons (Fsp3) is 0.565. The van der Waals surface area contributed by atoms with Gasteiger partial charge < -0.3 is 31.1 Å². The molecule has 0 aromatic heterocycles. The van der Waals surface area contributed by atoms with Crippen LogP contribution < -0.4 is 11.1 Å². The van der Waals surface area contributed by atoms with Crippen LogP contribution in [0, 0.1) is 0 Å². The maximum atomic E-state index is 13.5. The van der Waals surface area contributed by atoms with Gasteiger partial charge in [-0.1, -0.05) is 30.3 Å². The minimum Gasteiger partial charge on any atom is -0.480 e. The quantitative estimate of drug-likeness (QED) is 0.407. The third-order valence-corrected chi connectivity index (χ3v) is 6.36. The first-order valence-electron chi connectivity index (χ1n) is 11.3. The zero-order valence-corrected chi connectivity index (χ0v) is 18.7. The Bertz CT molecular complexity index is 877. The van der Waals surface area contributed by atoms with E-state index in [1.165, 1.54) is 16.7 Å². The normalized spacial score (nSPS) is 23.1. The summed E-state index contributed by atoms with van der Waals surface area (Å²) in [5.74, 6) is -2.49. The van der Waals surface area contributed by atoms with E-state index in [4.69, 9.17) is 5.73 Å². The third kappa shape index (κ3) is 5.69. The van der Waals surface area contributed by atoms with Crippen LogP contribution in [0.1, 0.15) is 38.2 Å². The number of carboxylic acids is 1. The molecule has 0 bridgehead atoms. The number of aliphatic carboxylic acids is 1. The van der Waals surface area contributed by atoms with Gasteiger partial charge in [0.1, 0.15) is 24.2 Å². The monoisotopic (exact) mass is 460 g/mol. The average molecular weight is 461 g/mol. The summed E-state index contributed by atoms with van der Waals surface area (Å²) in [6.45, 7) is 2.08. The molecule has 0 radical (unpaired) electrons. The van der Waals surface area contributed by atoms with Crippen molar-refractivity contribution in [3.63, 3.8) is 0 Å². The Labute approximate surface area is 192 Å². The lowest BCUT2D eigenvalue weighted by atomic mass is 10.0. The molecule has 0 aliphatic carbocycles. The third-order valence-electron chi connectivity index (χ3n) is 6.36. The summed E-state index contributed by atoms with van der Waals surface area (Å²) in [6.07, 6.45) is 1.14. The number of hydrogen-bond donors (Lipinski definition) is 4. The summed E-state index contributed by atoms with van der Waals surface area (Å²) in [5.41, 5.74) is 6.57. The van der Waals surface area contributed by atoms with Gasteiger partial charge in [0.25, 0.3) is 0 Å². The number of nitrogens with two attached hydrogens (primary N) is 1. The van der Waals surface area contributed by atoms with Gasteiger partial charge in [0, 0.05) is 19.5 Å². The summed E-state index contributed by atoms with van der Waals surface area (Å²) in [5, 5.41) is 21.8. The van der Waals surface area contributed by atoms with Crippen molar-refractivity contribution in [2.24, 2.45) is 5.73 Å². The maximum Gasteiger partial charge on any atom is 0.326 e. The Hall–Kier alpha value is -2.98. The molecule has 2 saturated heterocycles. The number of nitrogens with one attached hydrogen (secondary N) is 1. The molecular formula is C23H32N4O6. The van der Waals surface area contributed by atoms with E-state index in [-0.39, 0.29) is 12.3 Å². The first-order chi connectivity index (χ1) is 15.7. The van der Waals surface area contributed by atoms with Crippen molar-refractivity contribution in [2.75, 3.05) is 13.1 Å². The number of aliphatic hydroxyl groups is 1. The van der Waals surface area contributed by atoms with Gasteiger partial charge in [0.05, 0.1) is 6.10 Å². The predicted molar refractivity (Wildman–Crippen MR) is 119 cm³/mol. The SMILES string of the molecule is CC(O)C(N)C(=O)NC(Cc1ccccc1)C(=O)N1CCCC1C(=O)N1CCCC1C(=O)O. The van der Waals surface area contributed by atoms with E-state index in [1.54, 1.807) is 0 Å². The largest absolute Gasteiger partial charge is 0.480 e. The Balaban J connectivity index is 1.80. The maximum absolute atomic E-state index is 13.5. The number of likely N-dealkylation sites (tertiary alicyclic amines) is 2. The second-order valence-corrected chi connectivity index (χ2v) is 8.73. The van der Waals surface area contributed by atoms with Crippen LogP contribution in [0.4, 0.5) is 0 Å². The van der Waals surface area contributed by atoms with Gasteiger partial charge in [0.2, 0.25) is 17.7 Å². The van der Waals surface area contributed by atoms with Crippen LogP contribution >= 0.6 is 0 Å². The van der Waals surface area contributed by atoms with Gasteiger partial charge in [-0.05, 0) is 38.2 Å². The van der Waals surface area contributed by atoms with E-state index < -0.39 is 48.1 Å². The van der Waals surface area contributed by atoms with Crippen LogP contribution in [-0.2, 0) is 25.6 Å². The van der Waals surface area contributed by atoms with Crippen molar-refractivity contribution in [3.8, 4) is 0 Å². The first kappa shape index (κ1) is 24.7. The molecule has 3 amide bonds. The first-order valence-corrected chi connectivity index (χ1v) is 11.3. The van der Waals surface area contributed by atoms with Gasteiger partial charge >= 0.3 is 5.97 Å². The number of rotatable bonds is 8. The lowest BCUT2D eigenvalue weighted by Gasteiger charge is -2.32. The van der Waals surface area contributed by atoms with E-state index in [1.807, 2.05) is 30.3 Å². The molecular weight excluding hydrogens is 428 g/mol. The highest BCUT2D eigenvalue weighted by molar-refractivity contribution is 5.95. The number of benzene rings is 1. The van der Waals surface area contributed by atoms with Crippen LogP contribution in [0.3, 0.4) is 0 Å². The Kier molecular flexibility index (Phi) is 8.04. The van der Waals surface area contributed by atoms with Gasteiger partial charge in [-0.2, -0.15) is 0 Å². The fourth-order valence-corrected chi connectivity index (χ4v) is 4.50. The average Bonchev–Trinajstić information content (AvgIpc) is 3.47. The molecule has 3 rings (SSSR count). The molecule has 2 heterocycles. The zero-order valence-electron chi connectivity index (χ0n) is 18.7. The van der Waals surface area contributed by atoms with E-state index in [2.05, 4.69) is 5.32 Å². The minimum atomic E-state index is -1.20. The summed E-state index contributed by atoms with van der Waals surface area (Å²) in [7, 11) is 0. The van der Waals surface area contributed by atoms with E-state index in [0.29, 0.717) is 38.8 Å². The molecule has 5 unspecified atom stereocenters. The van der Waals surface area contributed by atoms with Gasteiger partial charge in [-0.25, -0.2) is 4.79 Å². The van der Waals surface area contributed by atoms with Gasteiger partial charge in [0.15, 0.2) is 0 Å². The van der Waals surface area contributed by atoms with Gasteiger partial charge in [-0.15, -0.1) is 0 Å². The molecule has 180 valence electrons. The molecule has 1 aromatic rings. The second kappa shape index (κ2) is 10.8. The minimum absolute atomic E-state index is 0.191. The van der Waals surface area contributed by atoms with Crippen LogP contribution in [0.5, 0.6) is 0 Å². The molecule has 2 aliphatic rings. The van der Waals surface area contributed by atoms with Crippen molar-refractivity contribution < 1.29 is 29.4 Å². The highest BCUT2D eigenvalue weighted by atomic mass is 16.4. The van der Waals surface area contributed by atoms with Crippen molar-refractivity contribution >= 4 is 23.7 Å². The summed E-state index contributed by atoms with van der Waals surface area (Å²) in [6, 6.07) is 5.32. The number of aliphatic hydroxyl groups excluding tert-OH is 1. The molecule has 1 aromatic carbocycles. The van der Waals surface area contributed by atoms with E-state index in [0.717, 1.165) is 5.56 Å². The van der Waals surface area contributed by atoms with Crippen LogP contribution in [0.15, 0.2) is 30.3 Å². The fourth-order valence-electron chi connectivity index (χ4n) is 4.50. The Morgan fingerprint density at radius 3 is 2.27 bits per heavy atom. The molecule has 33 heavy (non-hydrogen) atoms. The summed E-state index contributed by atoms with van der Waals surface area (Å²) < 4.78 is 0. The van der Waals surface area contributed by atoms with Crippen LogP contribution in [0.25, 0.3) is 0 Å². The number of carbonyl (C=O) groups excluding carboxylic acids is 3. The van der Waals surface area contributed by atoms with Gasteiger partial charge in [-0.3, -0.25) is 14.4 Å². The van der Waals surface area contributed by atoms with Crippen molar-refractivity contribution in [3.05, 3.63) is 35.9 Å². The molecule has 10 nitrogen and oxygen atoms in total. The number of nitrogens with zero attached hydrogens (tertiary/aromatic N) is 2. The number of amides is 3. The molecule has 2 aliphatic heterocycles. The van der Waals surface area contributed by atoms with Crippen LogP contribution in [-0.4, -0.2) is 87.1 Å². The lowest BCUT2D eigenvalue weighted by Crippen LogP contribution is -2.58. The summed E-state index contributed by atoms with van der Waals surface area (Å²) in [4.78, 5) is 53.6. The smallest absolute Gasteiger partial charge is 0.326 e. The Morgan fingerprint density at radius 2 is 1.67 bits per heavy atom. The number of carbonyl (C=O) groups is 4. The molecule has 5 N–H and O–H groups in total. The topological polar surface area (TPSA) is 153 Å². The summed E-state index contributed by atoms with van der Waals surface area (Å²) >= 11 is 0. The molecule has 2 fully saturated rings. The van der Waals surface area contributed by atoms with E-state index >= 15 is 0 Å². The number of hydrogen-bond acceptors (Lipinski definition) is 6.